The second kappa shape index (κ2) is 7.38. The second-order valence-corrected chi connectivity index (χ2v) is 7.40. The van der Waals surface area contributed by atoms with E-state index in [4.69, 9.17) is 4.98 Å². The van der Waals surface area contributed by atoms with Gasteiger partial charge in [-0.25, -0.2) is 4.98 Å². The number of thioether (sulfide) groups is 1. The number of anilines is 1. The fraction of sp³-hybridized carbons (Fsp3) is 0.350. The Kier molecular flexibility index (Phi) is 4.81. The quantitative estimate of drug-likeness (QED) is 0.679. The van der Waals surface area contributed by atoms with Crippen LogP contribution in [0.5, 0.6) is 0 Å². The smallest absolute Gasteiger partial charge is 0.177 e. The summed E-state index contributed by atoms with van der Waals surface area (Å²) < 4.78 is 1.80. The molecule has 2 heterocycles. The van der Waals surface area contributed by atoms with Gasteiger partial charge in [-0.15, -0.1) is 11.8 Å². The molecule has 1 aromatic carbocycles. The van der Waals surface area contributed by atoms with Gasteiger partial charge >= 0.3 is 0 Å². The third-order valence-electron chi connectivity index (χ3n) is 4.89. The number of aromatic nitrogens is 3. The van der Waals surface area contributed by atoms with Crippen molar-refractivity contribution in [1.29, 1.82) is 5.26 Å². The fourth-order valence-electron chi connectivity index (χ4n) is 3.55. The van der Waals surface area contributed by atoms with E-state index in [2.05, 4.69) is 22.6 Å². The highest BCUT2D eigenvalue weighted by molar-refractivity contribution is 7.98. The Morgan fingerprint density at radius 1 is 1.19 bits per heavy atom. The third kappa shape index (κ3) is 3.15. The minimum atomic E-state index is 0.449. The van der Waals surface area contributed by atoms with Crippen molar-refractivity contribution in [2.45, 2.75) is 43.2 Å². The van der Waals surface area contributed by atoms with Gasteiger partial charge in [-0.2, -0.15) is 14.9 Å². The zero-order valence-corrected chi connectivity index (χ0v) is 15.6. The summed E-state index contributed by atoms with van der Waals surface area (Å²) in [5, 5.41) is 18.7. The molecule has 0 aliphatic heterocycles. The number of hydrogen-bond acceptors (Lipinski definition) is 5. The predicted molar refractivity (Wildman–Crippen MR) is 105 cm³/mol. The highest BCUT2D eigenvalue weighted by Crippen LogP contribution is 2.29. The van der Waals surface area contributed by atoms with Crippen molar-refractivity contribution in [3.63, 3.8) is 0 Å². The highest BCUT2D eigenvalue weighted by atomic mass is 32.2. The number of rotatable bonds is 4. The van der Waals surface area contributed by atoms with E-state index in [1.54, 1.807) is 4.52 Å². The minimum absolute atomic E-state index is 0.449. The van der Waals surface area contributed by atoms with Crippen LogP contribution in [0.2, 0.25) is 0 Å². The Morgan fingerprint density at radius 3 is 2.65 bits per heavy atom. The summed E-state index contributed by atoms with van der Waals surface area (Å²) in [6.07, 6.45) is 8.12. The molecule has 0 amide bonds. The summed E-state index contributed by atoms with van der Waals surface area (Å²) in [4.78, 5) is 4.76. The Morgan fingerprint density at radius 2 is 1.96 bits per heavy atom. The summed E-state index contributed by atoms with van der Waals surface area (Å²) in [7, 11) is 0. The zero-order chi connectivity index (χ0) is 17.9. The average Bonchev–Trinajstić information content (AvgIpc) is 3.07. The molecule has 1 aliphatic carbocycles. The van der Waals surface area contributed by atoms with Gasteiger partial charge in [0.15, 0.2) is 5.65 Å². The van der Waals surface area contributed by atoms with Crippen LogP contribution < -0.4 is 5.32 Å². The second-order valence-electron chi connectivity index (χ2n) is 6.60. The summed E-state index contributed by atoms with van der Waals surface area (Å²) >= 11 is 1.48. The molecule has 6 heteroatoms. The normalized spacial score (nSPS) is 15.1. The van der Waals surface area contributed by atoms with Crippen LogP contribution in [0.1, 0.15) is 37.7 Å². The van der Waals surface area contributed by atoms with E-state index in [-0.39, 0.29) is 0 Å². The summed E-state index contributed by atoms with van der Waals surface area (Å²) in [5.41, 5.74) is 3.07. The molecule has 26 heavy (non-hydrogen) atoms. The van der Waals surface area contributed by atoms with Gasteiger partial charge in [0, 0.05) is 17.7 Å². The van der Waals surface area contributed by atoms with Gasteiger partial charge in [0.2, 0.25) is 0 Å². The lowest BCUT2D eigenvalue weighted by molar-refractivity contribution is 0.461. The molecule has 5 nitrogen and oxygen atoms in total. The van der Waals surface area contributed by atoms with Crippen LogP contribution in [0.4, 0.5) is 5.82 Å². The molecule has 0 bridgehead atoms. The first-order valence-electron chi connectivity index (χ1n) is 9.00. The SMILES string of the molecule is CSc1nn2c(NC3CCCCC3)cc(-c3ccccc3)nc2c1C#N. The van der Waals surface area contributed by atoms with E-state index < -0.39 is 0 Å². The molecule has 0 radical (unpaired) electrons. The van der Waals surface area contributed by atoms with Gasteiger partial charge in [0.1, 0.15) is 22.5 Å². The van der Waals surface area contributed by atoms with Crippen molar-refractivity contribution in [2.75, 3.05) is 11.6 Å². The maximum Gasteiger partial charge on any atom is 0.177 e. The average molecular weight is 363 g/mol. The lowest BCUT2D eigenvalue weighted by Crippen LogP contribution is -2.24. The van der Waals surface area contributed by atoms with Crippen molar-refractivity contribution < 1.29 is 0 Å². The molecule has 1 fully saturated rings. The molecule has 2 aromatic heterocycles. The van der Waals surface area contributed by atoms with E-state index in [0.717, 1.165) is 22.1 Å². The van der Waals surface area contributed by atoms with E-state index in [1.807, 2.05) is 36.6 Å². The first-order chi connectivity index (χ1) is 12.8. The van der Waals surface area contributed by atoms with Crippen molar-refractivity contribution in [3.05, 3.63) is 42.0 Å². The maximum atomic E-state index is 9.63. The van der Waals surface area contributed by atoms with Crippen LogP contribution in [0.25, 0.3) is 16.9 Å². The van der Waals surface area contributed by atoms with Crippen LogP contribution in [-0.4, -0.2) is 26.9 Å². The van der Waals surface area contributed by atoms with E-state index >= 15 is 0 Å². The Balaban J connectivity index is 1.87. The number of benzene rings is 1. The fourth-order valence-corrected chi connectivity index (χ4v) is 4.06. The van der Waals surface area contributed by atoms with E-state index in [1.165, 1.54) is 43.9 Å². The van der Waals surface area contributed by atoms with Crippen LogP contribution in [0.3, 0.4) is 0 Å². The van der Waals surface area contributed by atoms with Gasteiger partial charge in [-0.05, 0) is 19.1 Å². The number of nitriles is 1. The summed E-state index contributed by atoms with van der Waals surface area (Å²) in [6.45, 7) is 0. The lowest BCUT2D eigenvalue weighted by atomic mass is 9.95. The molecule has 0 unspecified atom stereocenters. The van der Waals surface area contributed by atoms with E-state index in [0.29, 0.717) is 17.3 Å². The molecule has 0 spiro atoms. The molecule has 0 atom stereocenters. The molecule has 0 saturated heterocycles. The molecule has 1 N–H and O–H groups in total. The highest BCUT2D eigenvalue weighted by Gasteiger charge is 2.20. The first kappa shape index (κ1) is 16.9. The monoisotopic (exact) mass is 363 g/mol. The van der Waals surface area contributed by atoms with Gasteiger partial charge in [-0.3, -0.25) is 0 Å². The van der Waals surface area contributed by atoms with Crippen LogP contribution in [0.15, 0.2) is 41.4 Å². The predicted octanol–water partition coefficient (Wildman–Crippen LogP) is 4.73. The molecule has 4 rings (SSSR count). The topological polar surface area (TPSA) is 66.0 Å². The molecule has 1 saturated carbocycles. The van der Waals surface area contributed by atoms with Gasteiger partial charge in [0.25, 0.3) is 0 Å². The minimum Gasteiger partial charge on any atom is -0.367 e. The van der Waals surface area contributed by atoms with Crippen LogP contribution in [0, 0.1) is 11.3 Å². The third-order valence-corrected chi connectivity index (χ3v) is 5.56. The number of hydrogen-bond donors (Lipinski definition) is 1. The Hall–Kier alpha value is -2.52. The summed E-state index contributed by atoms with van der Waals surface area (Å²) in [6, 6.07) is 14.9. The van der Waals surface area contributed by atoms with Gasteiger partial charge in [-0.1, -0.05) is 49.6 Å². The number of fused-ring (bicyclic) bond motifs is 1. The largest absolute Gasteiger partial charge is 0.367 e. The maximum absolute atomic E-state index is 9.63. The van der Waals surface area contributed by atoms with Crippen LogP contribution in [-0.2, 0) is 0 Å². The molecular weight excluding hydrogens is 342 g/mol. The molecule has 132 valence electrons. The Labute approximate surface area is 157 Å². The van der Waals surface area contributed by atoms with Crippen molar-refractivity contribution in [2.24, 2.45) is 0 Å². The summed E-state index contributed by atoms with van der Waals surface area (Å²) in [5.74, 6) is 0.914. The Bertz CT molecular complexity index is 952. The van der Waals surface area contributed by atoms with Crippen LogP contribution >= 0.6 is 11.8 Å². The van der Waals surface area contributed by atoms with Crippen molar-refractivity contribution >= 4 is 23.2 Å². The standard InChI is InChI=1S/C20H21N5S/c1-26-20-16(13-21)19-23-17(14-8-4-2-5-9-14)12-18(25(19)24-20)22-15-10-6-3-7-11-15/h2,4-5,8-9,12,15,22H,3,6-7,10-11H2,1H3. The number of nitrogens with zero attached hydrogens (tertiary/aromatic N) is 4. The van der Waals surface area contributed by atoms with E-state index in [9.17, 15) is 5.26 Å². The lowest BCUT2D eigenvalue weighted by Gasteiger charge is -2.24. The molecule has 3 aromatic rings. The zero-order valence-electron chi connectivity index (χ0n) is 14.8. The first-order valence-corrected chi connectivity index (χ1v) is 10.2. The molecular formula is C20H21N5S. The van der Waals surface area contributed by atoms with Crippen molar-refractivity contribution in [3.8, 4) is 17.3 Å². The number of nitrogens with one attached hydrogen (secondary N) is 1. The van der Waals surface area contributed by atoms with Crippen molar-refractivity contribution in [1.82, 2.24) is 14.6 Å². The molecule has 1 aliphatic rings. The van der Waals surface area contributed by atoms with Gasteiger partial charge in [0.05, 0.1) is 5.69 Å². The van der Waals surface area contributed by atoms with Gasteiger partial charge < -0.3 is 5.32 Å².